The molecule has 268 valence electrons. The van der Waals surface area contributed by atoms with Crippen molar-refractivity contribution in [1.29, 1.82) is 0 Å². The van der Waals surface area contributed by atoms with Crippen LogP contribution in [0.5, 0.6) is 0 Å². The van der Waals surface area contributed by atoms with Crippen molar-refractivity contribution in [3.63, 3.8) is 0 Å². The molecule has 6 aliphatic carbocycles. The zero-order chi connectivity index (χ0) is 34.7. The summed E-state index contributed by atoms with van der Waals surface area (Å²) in [6.07, 6.45) is 12.8. The molecule has 0 aromatic rings. The Hall–Kier alpha value is -1.81. The van der Waals surface area contributed by atoms with Crippen molar-refractivity contribution in [1.82, 2.24) is 9.62 Å². The first-order chi connectivity index (χ1) is 22.4. The van der Waals surface area contributed by atoms with E-state index in [0.29, 0.717) is 38.1 Å². The van der Waals surface area contributed by atoms with Gasteiger partial charge in [0.15, 0.2) is 11.6 Å². The smallest absolute Gasteiger partial charge is 0.240 e. The fraction of sp³-hybridized carbons (Fsp3) is 0.895. The molecule has 0 aromatic heterocycles. The molecule has 0 bridgehead atoms. The first kappa shape index (κ1) is 34.6. The van der Waals surface area contributed by atoms with Gasteiger partial charge in [0.2, 0.25) is 21.8 Å². The number of Topliss-reactive ketones (excluding diaryl/α,β-unsaturated/α-hetero) is 2. The maximum absolute atomic E-state index is 14.9. The fourth-order valence-corrected chi connectivity index (χ4v) is 12.7. The summed E-state index contributed by atoms with van der Waals surface area (Å²) in [7, 11) is -3.74. The topological polar surface area (TPSA) is 144 Å². The van der Waals surface area contributed by atoms with Gasteiger partial charge >= 0.3 is 0 Å². The monoisotopic (exact) mass is 685 g/mol. The fourth-order valence-electron chi connectivity index (χ4n) is 11.3. The van der Waals surface area contributed by atoms with E-state index < -0.39 is 50.0 Å². The summed E-state index contributed by atoms with van der Waals surface area (Å²) < 4.78 is 28.0. The van der Waals surface area contributed by atoms with Crippen molar-refractivity contribution in [2.45, 2.75) is 155 Å². The Morgan fingerprint density at radius 2 is 1.54 bits per heavy atom. The molecule has 7 aliphatic rings. The molecule has 2 amide bonds. The van der Waals surface area contributed by atoms with E-state index in [1.54, 1.807) is 0 Å². The van der Waals surface area contributed by atoms with Crippen LogP contribution in [0.2, 0.25) is 0 Å². The van der Waals surface area contributed by atoms with E-state index in [2.05, 4.69) is 18.6 Å². The van der Waals surface area contributed by atoms with E-state index in [-0.39, 0.29) is 58.4 Å². The molecule has 9 nitrogen and oxygen atoms in total. The van der Waals surface area contributed by atoms with E-state index in [4.69, 9.17) is 5.73 Å². The second kappa shape index (κ2) is 11.3. The maximum atomic E-state index is 14.9. The van der Waals surface area contributed by atoms with Crippen molar-refractivity contribution in [2.24, 2.45) is 56.5 Å². The van der Waals surface area contributed by atoms with Gasteiger partial charge in [-0.2, -0.15) is 0 Å². The van der Waals surface area contributed by atoms with Crippen LogP contribution in [0.3, 0.4) is 0 Å². The third-order valence-corrected chi connectivity index (χ3v) is 17.0. The summed E-state index contributed by atoms with van der Waals surface area (Å²) in [5, 5.41) is -0.519. The standard InChI is InChI=1S/C38H59N3O6S/c1-34(2,3)26(18-29(42)31(39)24-10-7-6-8-11-24)32(44)41-22-38(35(4,5)37(38)16-9-17-37)20-28(41)30(43)21-36(19-27(36)23-12-13-23)33(45)40-48(46,47)25-14-15-25/h23-28,31H,6-22,39H2,1-5H3,(H,40,45)/t26-,27+,28+,31+,36-,38-/m1/s1. The predicted octanol–water partition coefficient (Wildman–Crippen LogP) is 5.30. The van der Waals surface area contributed by atoms with Gasteiger partial charge in [-0.3, -0.25) is 23.9 Å². The molecule has 10 heteroatoms. The number of amides is 2. The number of fused-ring (bicyclic) bond motifs is 1. The van der Waals surface area contributed by atoms with Crippen LogP contribution < -0.4 is 10.5 Å². The normalized spacial score (nSPS) is 35.2. The van der Waals surface area contributed by atoms with Crippen molar-refractivity contribution in [2.75, 3.05) is 6.54 Å². The number of carbonyl (C=O) groups is 4. The third-order valence-electron chi connectivity index (χ3n) is 15.2. The van der Waals surface area contributed by atoms with Crippen molar-refractivity contribution < 1.29 is 27.6 Å². The van der Waals surface area contributed by atoms with Crippen molar-refractivity contribution >= 4 is 33.4 Å². The minimum absolute atomic E-state index is 0.00641. The van der Waals surface area contributed by atoms with Gasteiger partial charge in [-0.15, -0.1) is 0 Å². The lowest BCUT2D eigenvalue weighted by molar-refractivity contribution is -0.146. The van der Waals surface area contributed by atoms with Crippen LogP contribution in [-0.2, 0) is 29.2 Å². The van der Waals surface area contributed by atoms with Crippen LogP contribution in [0.1, 0.15) is 137 Å². The van der Waals surface area contributed by atoms with Gasteiger partial charge in [-0.25, -0.2) is 8.42 Å². The van der Waals surface area contributed by atoms with Gasteiger partial charge in [0.05, 0.1) is 22.7 Å². The van der Waals surface area contributed by atoms with Gasteiger partial charge in [0.1, 0.15) is 0 Å². The zero-order valence-corrected chi connectivity index (χ0v) is 30.8. The number of carbonyl (C=O) groups excluding carboxylic acids is 4. The third kappa shape index (κ3) is 5.34. The SMILES string of the molecule is CC(C)(C)[C@H](CC(=O)[C@@H](N)C1CCCCC1)C(=O)N1C[C@]2(C[C@H]1C(=O)C[C@]1(C(=O)NS(=O)(=O)C3CC3)C[C@H]1C1CC1)C(C)(C)C21CCC1. The molecule has 1 saturated heterocycles. The molecule has 1 heterocycles. The molecule has 3 N–H and O–H groups in total. The number of rotatable bonds is 12. The van der Waals surface area contributed by atoms with Crippen LogP contribution >= 0.6 is 0 Å². The molecule has 2 spiro atoms. The van der Waals surface area contributed by atoms with Crippen LogP contribution in [-0.4, -0.2) is 60.6 Å². The Balaban J connectivity index is 1.15. The summed E-state index contributed by atoms with van der Waals surface area (Å²) in [6.45, 7) is 11.1. The second-order valence-electron chi connectivity index (χ2n) is 19.0. The lowest BCUT2D eigenvalue weighted by Gasteiger charge is -2.36. The first-order valence-electron chi connectivity index (χ1n) is 19.1. The van der Waals surface area contributed by atoms with Gasteiger partial charge in [0, 0.05) is 30.7 Å². The average Bonchev–Trinajstić information content (AvgIpc) is 3.82. The molecule has 0 radical (unpaired) electrons. The molecule has 7 rings (SSSR count). The number of likely N-dealkylation sites (tertiary alicyclic amines) is 1. The highest BCUT2D eigenvalue weighted by Gasteiger charge is 2.85. The quantitative estimate of drug-likeness (QED) is 0.284. The Kier molecular flexibility index (Phi) is 8.19. The summed E-state index contributed by atoms with van der Waals surface area (Å²) in [5.74, 6) is -0.974. The van der Waals surface area contributed by atoms with Crippen LogP contribution in [0.15, 0.2) is 0 Å². The van der Waals surface area contributed by atoms with Gasteiger partial charge in [-0.05, 0) is 98.2 Å². The van der Waals surface area contributed by atoms with Crippen LogP contribution in [0, 0.1) is 50.7 Å². The molecule has 0 aromatic carbocycles. The van der Waals surface area contributed by atoms with E-state index in [1.807, 2.05) is 25.7 Å². The van der Waals surface area contributed by atoms with E-state index in [0.717, 1.165) is 57.8 Å². The second-order valence-corrected chi connectivity index (χ2v) is 20.9. The predicted molar refractivity (Wildman–Crippen MR) is 183 cm³/mol. The van der Waals surface area contributed by atoms with Crippen molar-refractivity contribution in [3.8, 4) is 0 Å². The summed E-state index contributed by atoms with van der Waals surface area (Å²) in [5.41, 5.74) is 4.92. The van der Waals surface area contributed by atoms with Crippen LogP contribution in [0.4, 0.5) is 0 Å². The zero-order valence-electron chi connectivity index (χ0n) is 29.9. The number of hydrogen-bond acceptors (Lipinski definition) is 7. The molecular weight excluding hydrogens is 626 g/mol. The number of nitrogens with zero attached hydrogens (tertiary/aromatic N) is 1. The van der Waals surface area contributed by atoms with Crippen molar-refractivity contribution in [3.05, 3.63) is 0 Å². The number of nitrogens with one attached hydrogen (secondary N) is 1. The van der Waals surface area contributed by atoms with E-state index >= 15 is 0 Å². The van der Waals surface area contributed by atoms with Gasteiger partial charge in [0.25, 0.3) is 0 Å². The Morgan fingerprint density at radius 3 is 2.06 bits per heavy atom. The summed E-state index contributed by atoms with van der Waals surface area (Å²) >= 11 is 0. The summed E-state index contributed by atoms with van der Waals surface area (Å²) in [4.78, 5) is 58.8. The van der Waals surface area contributed by atoms with Crippen LogP contribution in [0.25, 0.3) is 0 Å². The van der Waals surface area contributed by atoms with E-state index in [9.17, 15) is 27.6 Å². The number of sulfonamides is 1. The summed E-state index contributed by atoms with van der Waals surface area (Å²) in [6, 6.07) is -1.26. The minimum atomic E-state index is -3.74. The van der Waals surface area contributed by atoms with Gasteiger partial charge in [-0.1, -0.05) is 60.3 Å². The molecule has 6 saturated carbocycles. The molecular formula is C38H59N3O6S. The molecule has 6 atom stereocenters. The molecule has 7 fully saturated rings. The number of hydrogen-bond donors (Lipinski definition) is 2. The Labute approximate surface area is 287 Å². The maximum Gasteiger partial charge on any atom is 0.240 e. The number of ketones is 2. The molecule has 48 heavy (non-hydrogen) atoms. The minimum Gasteiger partial charge on any atom is -0.332 e. The lowest BCUT2D eigenvalue weighted by atomic mass is 9.73. The molecule has 1 aliphatic heterocycles. The van der Waals surface area contributed by atoms with E-state index in [1.165, 1.54) is 6.42 Å². The lowest BCUT2D eigenvalue weighted by Crippen LogP contribution is -2.50. The molecule has 0 unspecified atom stereocenters. The average molecular weight is 686 g/mol. The largest absolute Gasteiger partial charge is 0.332 e. The highest BCUT2D eigenvalue weighted by atomic mass is 32.2. The Morgan fingerprint density at radius 1 is 0.896 bits per heavy atom. The highest BCUT2D eigenvalue weighted by molar-refractivity contribution is 7.90. The first-order valence-corrected chi connectivity index (χ1v) is 20.6. The number of nitrogens with two attached hydrogens (primary N) is 1. The Bertz CT molecular complexity index is 1480. The highest BCUT2D eigenvalue weighted by Crippen LogP contribution is 2.88. The van der Waals surface area contributed by atoms with Gasteiger partial charge < -0.3 is 10.6 Å².